The Hall–Kier alpha value is -2.63. The van der Waals surface area contributed by atoms with E-state index in [1.54, 1.807) is 41.5 Å². The number of benzene rings is 1. The van der Waals surface area contributed by atoms with Crippen molar-refractivity contribution in [3.05, 3.63) is 41.5 Å². The first-order valence-corrected chi connectivity index (χ1v) is 8.17. The van der Waals surface area contributed by atoms with E-state index in [4.69, 9.17) is 14.2 Å². The van der Waals surface area contributed by atoms with Crippen molar-refractivity contribution in [2.75, 3.05) is 0 Å². The van der Waals surface area contributed by atoms with Gasteiger partial charge in [0, 0.05) is 5.57 Å². The smallest absolute Gasteiger partial charge is 0.338 e. The van der Waals surface area contributed by atoms with Crippen molar-refractivity contribution in [1.29, 1.82) is 0 Å². The van der Waals surface area contributed by atoms with E-state index < -0.39 is 29.1 Å². The van der Waals surface area contributed by atoms with Crippen LogP contribution in [0.1, 0.15) is 69.2 Å². The Bertz CT molecular complexity index is 685. The van der Waals surface area contributed by atoms with Gasteiger partial charge in [-0.1, -0.05) is 6.58 Å². The fourth-order valence-electron chi connectivity index (χ4n) is 1.76. The van der Waals surface area contributed by atoms with Crippen LogP contribution in [0.2, 0.25) is 0 Å². The van der Waals surface area contributed by atoms with Crippen molar-refractivity contribution in [3.8, 4) is 5.75 Å². The van der Waals surface area contributed by atoms with Crippen LogP contribution in [-0.2, 0) is 14.3 Å². The average Bonchev–Trinajstić information content (AvgIpc) is 2.43. The molecule has 0 atom stereocenters. The second-order valence-corrected chi connectivity index (χ2v) is 7.92. The minimum absolute atomic E-state index is 0.0298. The van der Waals surface area contributed by atoms with Gasteiger partial charge < -0.3 is 14.2 Å². The van der Waals surface area contributed by atoms with Gasteiger partial charge in [-0.25, -0.2) is 14.4 Å². The Morgan fingerprint density at radius 2 is 1.19 bits per heavy atom. The van der Waals surface area contributed by atoms with Gasteiger partial charge in [0.05, 0.1) is 11.1 Å². The molecule has 0 spiro atoms. The first-order chi connectivity index (χ1) is 11.7. The van der Waals surface area contributed by atoms with Crippen LogP contribution in [0.3, 0.4) is 0 Å². The molecule has 0 unspecified atom stereocenters. The summed E-state index contributed by atoms with van der Waals surface area (Å²) in [6.45, 7) is 15.4. The molecule has 0 radical (unpaired) electrons. The van der Waals surface area contributed by atoms with Gasteiger partial charge in [-0.15, -0.1) is 0 Å². The topological polar surface area (TPSA) is 78.9 Å². The van der Waals surface area contributed by atoms with E-state index in [0.717, 1.165) is 0 Å². The average molecular weight is 362 g/mol. The maximum absolute atomic E-state index is 12.4. The van der Waals surface area contributed by atoms with Crippen LogP contribution in [0.25, 0.3) is 0 Å². The molecule has 6 nitrogen and oxygen atoms in total. The van der Waals surface area contributed by atoms with E-state index in [2.05, 4.69) is 6.58 Å². The van der Waals surface area contributed by atoms with Crippen molar-refractivity contribution in [3.63, 3.8) is 0 Å². The molecule has 1 aromatic carbocycles. The van der Waals surface area contributed by atoms with Gasteiger partial charge >= 0.3 is 17.9 Å². The van der Waals surface area contributed by atoms with Crippen molar-refractivity contribution in [2.24, 2.45) is 0 Å². The van der Waals surface area contributed by atoms with Crippen LogP contribution in [0.4, 0.5) is 0 Å². The number of rotatable bonds is 4. The summed E-state index contributed by atoms with van der Waals surface area (Å²) in [6.07, 6.45) is 0. The molecule has 6 heteroatoms. The number of hydrogen-bond donors (Lipinski definition) is 0. The molecule has 0 bridgehead atoms. The fourth-order valence-corrected chi connectivity index (χ4v) is 1.76. The highest BCUT2D eigenvalue weighted by Crippen LogP contribution is 2.23. The minimum Gasteiger partial charge on any atom is -0.456 e. The van der Waals surface area contributed by atoms with Gasteiger partial charge in [-0.3, -0.25) is 0 Å². The molecular weight excluding hydrogens is 336 g/mol. The van der Waals surface area contributed by atoms with Gasteiger partial charge in [-0.05, 0) is 66.7 Å². The zero-order valence-corrected chi connectivity index (χ0v) is 16.4. The van der Waals surface area contributed by atoms with Crippen molar-refractivity contribution in [1.82, 2.24) is 0 Å². The lowest BCUT2D eigenvalue weighted by Gasteiger charge is -2.21. The highest BCUT2D eigenvalue weighted by Gasteiger charge is 2.23. The fraction of sp³-hybridized carbons (Fsp3) is 0.450. The molecule has 0 saturated carbocycles. The summed E-state index contributed by atoms with van der Waals surface area (Å²) in [6, 6.07) is 4.02. The lowest BCUT2D eigenvalue weighted by Crippen LogP contribution is -2.25. The summed E-state index contributed by atoms with van der Waals surface area (Å²) in [5.41, 5.74) is -1.09. The molecule has 0 amide bonds. The van der Waals surface area contributed by atoms with Crippen LogP contribution in [0.5, 0.6) is 5.75 Å². The van der Waals surface area contributed by atoms with Gasteiger partial charge in [-0.2, -0.15) is 0 Å². The predicted molar refractivity (Wildman–Crippen MR) is 97.2 cm³/mol. The molecule has 0 aliphatic heterocycles. The number of ether oxygens (including phenoxy) is 3. The van der Waals surface area contributed by atoms with E-state index in [1.807, 2.05) is 0 Å². The number of hydrogen-bond acceptors (Lipinski definition) is 6. The molecule has 0 saturated heterocycles. The van der Waals surface area contributed by atoms with E-state index >= 15 is 0 Å². The SMILES string of the molecule is C=C(C)C(=O)Oc1cc(C(=O)OC(C)(C)C)cc(C(=O)OC(C)(C)C)c1. The van der Waals surface area contributed by atoms with E-state index in [0.29, 0.717) is 0 Å². The predicted octanol–water partition coefficient (Wildman–Crippen LogP) is 4.08. The summed E-state index contributed by atoms with van der Waals surface area (Å²) < 4.78 is 15.8. The van der Waals surface area contributed by atoms with Crippen LogP contribution in [0, 0.1) is 0 Å². The lowest BCUT2D eigenvalue weighted by atomic mass is 10.1. The zero-order valence-electron chi connectivity index (χ0n) is 16.4. The highest BCUT2D eigenvalue weighted by atomic mass is 16.6. The molecule has 0 aromatic heterocycles. The van der Waals surface area contributed by atoms with Crippen molar-refractivity contribution < 1.29 is 28.6 Å². The van der Waals surface area contributed by atoms with Gasteiger partial charge in [0.15, 0.2) is 0 Å². The highest BCUT2D eigenvalue weighted by molar-refractivity contribution is 5.97. The van der Waals surface area contributed by atoms with Crippen LogP contribution >= 0.6 is 0 Å². The molecule has 0 aliphatic carbocycles. The van der Waals surface area contributed by atoms with Crippen LogP contribution in [0.15, 0.2) is 30.4 Å². The normalized spacial score (nSPS) is 11.5. The van der Waals surface area contributed by atoms with Crippen molar-refractivity contribution >= 4 is 17.9 Å². The van der Waals surface area contributed by atoms with Crippen LogP contribution in [-0.4, -0.2) is 29.1 Å². The Kier molecular flexibility index (Phi) is 6.36. The minimum atomic E-state index is -0.715. The summed E-state index contributed by atoms with van der Waals surface area (Å²) in [5.74, 6) is -1.92. The second kappa shape index (κ2) is 7.72. The third kappa shape index (κ3) is 7.09. The number of carbonyl (C=O) groups excluding carboxylic acids is 3. The zero-order chi connectivity index (χ0) is 20.3. The number of carbonyl (C=O) groups is 3. The molecule has 1 rings (SSSR count). The summed E-state index contributed by atoms with van der Waals surface area (Å²) in [4.78, 5) is 36.5. The van der Waals surface area contributed by atoms with E-state index in [1.165, 1.54) is 25.1 Å². The largest absolute Gasteiger partial charge is 0.456 e. The van der Waals surface area contributed by atoms with E-state index in [-0.39, 0.29) is 22.4 Å². The molecule has 0 fully saturated rings. The first-order valence-electron chi connectivity index (χ1n) is 8.17. The van der Waals surface area contributed by atoms with Gasteiger partial charge in [0.2, 0.25) is 0 Å². The monoisotopic (exact) mass is 362 g/mol. The molecule has 26 heavy (non-hydrogen) atoms. The standard InChI is InChI=1S/C20H26O6/c1-12(2)16(21)24-15-10-13(17(22)25-19(3,4)5)9-14(11-15)18(23)26-20(6,7)8/h9-11H,1H2,2-8H3. The van der Waals surface area contributed by atoms with E-state index in [9.17, 15) is 14.4 Å². The summed E-state index contributed by atoms with van der Waals surface area (Å²) in [5, 5.41) is 0. The Labute approximate surface area is 154 Å². The maximum Gasteiger partial charge on any atom is 0.338 e. The molecule has 0 aliphatic rings. The molecule has 142 valence electrons. The Morgan fingerprint density at radius 3 is 1.50 bits per heavy atom. The first kappa shape index (κ1) is 21.4. The molecule has 0 heterocycles. The Balaban J connectivity index is 3.30. The third-order valence-electron chi connectivity index (χ3n) is 2.73. The number of esters is 3. The molecular formula is C20H26O6. The van der Waals surface area contributed by atoms with Gasteiger partial charge in [0.1, 0.15) is 17.0 Å². The second-order valence-electron chi connectivity index (χ2n) is 7.92. The lowest BCUT2D eigenvalue weighted by molar-refractivity contribution is -0.130. The van der Waals surface area contributed by atoms with Crippen molar-refractivity contribution in [2.45, 2.75) is 59.7 Å². The quantitative estimate of drug-likeness (QED) is 0.456. The maximum atomic E-state index is 12.4. The van der Waals surface area contributed by atoms with Gasteiger partial charge in [0.25, 0.3) is 0 Å². The third-order valence-corrected chi connectivity index (χ3v) is 2.73. The van der Waals surface area contributed by atoms with Crippen LogP contribution < -0.4 is 4.74 Å². The summed E-state index contributed by atoms with van der Waals surface area (Å²) >= 11 is 0. The molecule has 1 aromatic rings. The summed E-state index contributed by atoms with van der Waals surface area (Å²) in [7, 11) is 0. The molecule has 0 N–H and O–H groups in total. The Morgan fingerprint density at radius 1 is 0.808 bits per heavy atom.